The van der Waals surface area contributed by atoms with E-state index >= 15 is 0 Å². The molecule has 1 aromatic heterocycles. The summed E-state index contributed by atoms with van der Waals surface area (Å²) in [6.07, 6.45) is 0. The fourth-order valence-corrected chi connectivity index (χ4v) is 3.14. The highest BCUT2D eigenvalue weighted by Crippen LogP contribution is 2.24. The number of aromatic nitrogens is 2. The number of hydrogen-bond donors (Lipinski definition) is 1. The van der Waals surface area contributed by atoms with E-state index in [4.69, 9.17) is 9.15 Å². The van der Waals surface area contributed by atoms with Gasteiger partial charge in [0.15, 0.2) is 6.61 Å². The molecule has 6 nitrogen and oxygen atoms in total. The SMILES string of the molecule is CC(C)(C)c1ccc(OCc2nnc(SCC(=O)NCc3ccccc3)o2)cc1. The molecule has 0 fully saturated rings. The van der Waals surface area contributed by atoms with Crippen molar-refractivity contribution in [3.05, 3.63) is 71.6 Å². The van der Waals surface area contributed by atoms with Gasteiger partial charge in [-0.1, -0.05) is 75.0 Å². The first-order chi connectivity index (χ1) is 13.9. The van der Waals surface area contributed by atoms with Gasteiger partial charge in [-0.25, -0.2) is 0 Å². The van der Waals surface area contributed by atoms with Crippen molar-refractivity contribution >= 4 is 17.7 Å². The van der Waals surface area contributed by atoms with Crippen LogP contribution < -0.4 is 10.1 Å². The number of amides is 1. The fourth-order valence-electron chi connectivity index (χ4n) is 2.53. The van der Waals surface area contributed by atoms with Gasteiger partial charge in [-0.3, -0.25) is 4.79 Å². The Morgan fingerprint density at radius 3 is 2.48 bits per heavy atom. The predicted octanol–water partition coefficient (Wildman–Crippen LogP) is 4.35. The Morgan fingerprint density at radius 1 is 1.07 bits per heavy atom. The molecule has 0 unspecified atom stereocenters. The van der Waals surface area contributed by atoms with Crippen LogP contribution in [-0.2, 0) is 23.4 Å². The van der Waals surface area contributed by atoms with Crippen LogP contribution in [0, 0.1) is 0 Å². The van der Waals surface area contributed by atoms with Gasteiger partial charge in [0.1, 0.15) is 5.75 Å². The second-order valence-corrected chi connectivity index (χ2v) is 8.50. The maximum Gasteiger partial charge on any atom is 0.277 e. The van der Waals surface area contributed by atoms with Crippen molar-refractivity contribution in [2.45, 2.75) is 44.6 Å². The van der Waals surface area contributed by atoms with Crippen LogP contribution in [0.4, 0.5) is 0 Å². The predicted molar refractivity (Wildman–Crippen MR) is 113 cm³/mol. The third kappa shape index (κ3) is 6.64. The molecule has 0 atom stereocenters. The van der Waals surface area contributed by atoms with Gasteiger partial charge >= 0.3 is 0 Å². The third-order valence-electron chi connectivity index (χ3n) is 4.19. The van der Waals surface area contributed by atoms with E-state index in [1.54, 1.807) is 0 Å². The number of carbonyl (C=O) groups is 1. The van der Waals surface area contributed by atoms with Crippen molar-refractivity contribution in [2.24, 2.45) is 0 Å². The van der Waals surface area contributed by atoms with Crippen LogP contribution in [0.3, 0.4) is 0 Å². The zero-order chi connectivity index (χ0) is 20.7. The maximum absolute atomic E-state index is 12.0. The quantitative estimate of drug-likeness (QED) is 0.555. The number of hydrogen-bond acceptors (Lipinski definition) is 6. The monoisotopic (exact) mass is 411 g/mol. The highest BCUT2D eigenvalue weighted by Gasteiger charge is 2.14. The highest BCUT2D eigenvalue weighted by atomic mass is 32.2. The molecule has 1 heterocycles. The fraction of sp³-hybridized carbons (Fsp3) is 0.318. The Labute approximate surface area is 175 Å². The number of ether oxygens (including phenoxy) is 1. The topological polar surface area (TPSA) is 77.2 Å². The molecule has 1 N–H and O–H groups in total. The number of nitrogens with zero attached hydrogens (tertiary/aromatic N) is 2. The summed E-state index contributed by atoms with van der Waals surface area (Å²) in [6.45, 7) is 7.19. The number of benzene rings is 2. The van der Waals surface area contributed by atoms with E-state index in [9.17, 15) is 4.79 Å². The molecule has 29 heavy (non-hydrogen) atoms. The number of thioether (sulfide) groups is 1. The molecule has 3 rings (SSSR count). The van der Waals surface area contributed by atoms with E-state index in [-0.39, 0.29) is 23.7 Å². The van der Waals surface area contributed by atoms with Crippen molar-refractivity contribution in [1.29, 1.82) is 0 Å². The third-order valence-corrected chi connectivity index (χ3v) is 5.01. The Bertz CT molecular complexity index is 918. The Hall–Kier alpha value is -2.80. The van der Waals surface area contributed by atoms with Gasteiger partial charge in [0, 0.05) is 6.54 Å². The highest BCUT2D eigenvalue weighted by molar-refractivity contribution is 7.99. The molecule has 0 saturated carbocycles. The molecular weight excluding hydrogens is 386 g/mol. The zero-order valence-electron chi connectivity index (χ0n) is 16.8. The van der Waals surface area contributed by atoms with E-state index in [1.807, 2.05) is 42.5 Å². The second kappa shape index (κ2) is 9.60. The summed E-state index contributed by atoms with van der Waals surface area (Å²) in [7, 11) is 0. The Balaban J connectivity index is 1.41. The lowest BCUT2D eigenvalue weighted by molar-refractivity contribution is -0.118. The summed E-state index contributed by atoms with van der Waals surface area (Å²) in [5, 5.41) is 11.1. The van der Waals surface area contributed by atoms with E-state index in [0.717, 1.165) is 11.3 Å². The molecule has 152 valence electrons. The molecule has 0 aliphatic rings. The van der Waals surface area contributed by atoms with Crippen LogP contribution in [0.25, 0.3) is 0 Å². The number of nitrogens with one attached hydrogen (secondary N) is 1. The molecule has 0 aliphatic carbocycles. The van der Waals surface area contributed by atoms with Gasteiger partial charge in [0.05, 0.1) is 5.75 Å². The summed E-state index contributed by atoms with van der Waals surface area (Å²) in [6, 6.07) is 17.7. The standard InChI is InChI=1S/C22H25N3O3S/c1-22(2,3)17-9-11-18(12-10-17)27-14-20-24-25-21(28-20)29-15-19(26)23-13-16-7-5-4-6-8-16/h4-12H,13-15H2,1-3H3,(H,23,26). The molecule has 0 radical (unpaired) electrons. The van der Waals surface area contributed by atoms with E-state index in [2.05, 4.69) is 48.4 Å². The van der Waals surface area contributed by atoms with Crippen molar-refractivity contribution in [3.63, 3.8) is 0 Å². The molecule has 0 aliphatic heterocycles. The van der Waals surface area contributed by atoms with Crippen molar-refractivity contribution < 1.29 is 13.9 Å². The molecule has 1 amide bonds. The summed E-state index contributed by atoms with van der Waals surface area (Å²) in [5.74, 6) is 1.24. The second-order valence-electron chi connectivity index (χ2n) is 7.58. The lowest BCUT2D eigenvalue weighted by Gasteiger charge is -2.19. The van der Waals surface area contributed by atoms with Gasteiger partial charge in [0.25, 0.3) is 11.1 Å². The van der Waals surface area contributed by atoms with Crippen LogP contribution in [0.5, 0.6) is 5.75 Å². The molecule has 7 heteroatoms. The average Bonchev–Trinajstić information content (AvgIpc) is 3.17. The largest absolute Gasteiger partial charge is 0.484 e. The first-order valence-electron chi connectivity index (χ1n) is 9.39. The van der Waals surface area contributed by atoms with Gasteiger partial charge in [0.2, 0.25) is 5.91 Å². The zero-order valence-corrected chi connectivity index (χ0v) is 17.7. The van der Waals surface area contributed by atoms with Crippen LogP contribution in [0.15, 0.2) is 64.2 Å². The number of rotatable bonds is 8. The first kappa shape index (κ1) is 20.9. The van der Waals surface area contributed by atoms with Crippen LogP contribution >= 0.6 is 11.8 Å². The minimum atomic E-state index is -0.0891. The van der Waals surface area contributed by atoms with Crippen molar-refractivity contribution in [3.8, 4) is 5.75 Å². The van der Waals surface area contributed by atoms with E-state index < -0.39 is 0 Å². The minimum Gasteiger partial charge on any atom is -0.484 e. The smallest absolute Gasteiger partial charge is 0.277 e. The van der Waals surface area contributed by atoms with Crippen LogP contribution in [0.2, 0.25) is 0 Å². The van der Waals surface area contributed by atoms with Crippen LogP contribution in [0.1, 0.15) is 37.8 Å². The number of carbonyl (C=O) groups excluding carboxylic acids is 1. The average molecular weight is 412 g/mol. The molecule has 2 aromatic carbocycles. The summed E-state index contributed by atoms with van der Waals surface area (Å²) in [4.78, 5) is 12.0. The Kier molecular flexibility index (Phi) is 6.93. The lowest BCUT2D eigenvalue weighted by Crippen LogP contribution is -2.24. The first-order valence-corrected chi connectivity index (χ1v) is 10.4. The van der Waals surface area contributed by atoms with E-state index in [1.165, 1.54) is 17.3 Å². The van der Waals surface area contributed by atoms with Gasteiger partial charge in [-0.15, -0.1) is 10.2 Å². The van der Waals surface area contributed by atoms with Crippen LogP contribution in [-0.4, -0.2) is 21.9 Å². The molecular formula is C22H25N3O3S. The molecule has 3 aromatic rings. The molecule has 0 bridgehead atoms. The summed E-state index contributed by atoms with van der Waals surface area (Å²) in [5.41, 5.74) is 2.40. The van der Waals surface area contributed by atoms with Gasteiger partial charge in [-0.2, -0.15) is 0 Å². The normalized spacial score (nSPS) is 11.3. The van der Waals surface area contributed by atoms with E-state index in [0.29, 0.717) is 17.7 Å². The lowest BCUT2D eigenvalue weighted by atomic mass is 9.87. The summed E-state index contributed by atoms with van der Waals surface area (Å²) < 4.78 is 11.2. The molecule has 0 spiro atoms. The summed E-state index contributed by atoms with van der Waals surface area (Å²) >= 11 is 1.20. The van der Waals surface area contributed by atoms with Gasteiger partial charge < -0.3 is 14.5 Å². The van der Waals surface area contributed by atoms with Crippen molar-refractivity contribution in [1.82, 2.24) is 15.5 Å². The maximum atomic E-state index is 12.0. The molecule has 0 saturated heterocycles. The minimum absolute atomic E-state index is 0.0891. The van der Waals surface area contributed by atoms with Crippen molar-refractivity contribution in [2.75, 3.05) is 5.75 Å². The Morgan fingerprint density at radius 2 is 1.79 bits per heavy atom. The van der Waals surface area contributed by atoms with Gasteiger partial charge in [-0.05, 0) is 28.7 Å².